The van der Waals surface area contributed by atoms with E-state index in [1.807, 2.05) is 20.8 Å². The lowest BCUT2D eigenvalue weighted by Crippen LogP contribution is -2.26. The van der Waals surface area contributed by atoms with Gasteiger partial charge >= 0.3 is 5.97 Å². The van der Waals surface area contributed by atoms with Crippen LogP contribution in [0.1, 0.15) is 69.9 Å². The summed E-state index contributed by atoms with van der Waals surface area (Å²) in [5.74, 6) is 0.426. The van der Waals surface area contributed by atoms with Crippen LogP contribution in [0.5, 0.6) is 0 Å². The molecule has 138 valence electrons. The van der Waals surface area contributed by atoms with Crippen LogP contribution in [0.4, 0.5) is 0 Å². The first-order valence-corrected chi connectivity index (χ1v) is 9.23. The zero-order chi connectivity index (χ0) is 18.3. The maximum atomic E-state index is 11.8. The van der Waals surface area contributed by atoms with Crippen LogP contribution in [0.15, 0.2) is 24.3 Å². The van der Waals surface area contributed by atoms with E-state index < -0.39 is 5.60 Å². The monoisotopic (exact) mass is 346 g/mol. The second-order valence-electron chi connectivity index (χ2n) is 7.82. The van der Waals surface area contributed by atoms with Gasteiger partial charge in [-0.25, -0.2) is 4.79 Å². The standard InChI is InChI=1S/C21H30O4/c1-21(2,3)25-20(23)15-24-13-12-16-8-10-17(11-9-16)18-6-4-5-7-19(22)14-18/h8-11,18H,4-7,12-15H2,1-3H3. The van der Waals surface area contributed by atoms with E-state index in [4.69, 9.17) is 9.47 Å². The smallest absolute Gasteiger partial charge is 0.332 e. The van der Waals surface area contributed by atoms with Crippen LogP contribution < -0.4 is 0 Å². The van der Waals surface area contributed by atoms with Crippen molar-refractivity contribution in [1.29, 1.82) is 0 Å². The highest BCUT2D eigenvalue weighted by atomic mass is 16.6. The molecule has 0 bridgehead atoms. The van der Waals surface area contributed by atoms with Gasteiger partial charge in [0.1, 0.15) is 18.0 Å². The minimum absolute atomic E-state index is 0.0143. The minimum Gasteiger partial charge on any atom is -0.458 e. The Morgan fingerprint density at radius 1 is 1.16 bits per heavy atom. The Balaban J connectivity index is 1.75. The summed E-state index contributed by atoms with van der Waals surface area (Å²) in [4.78, 5) is 23.4. The Kier molecular flexibility index (Phi) is 7.18. The third kappa shape index (κ3) is 7.39. The summed E-state index contributed by atoms with van der Waals surface area (Å²) in [6, 6.07) is 8.46. The van der Waals surface area contributed by atoms with E-state index in [0.29, 0.717) is 24.7 Å². The lowest BCUT2D eigenvalue weighted by molar-refractivity contribution is -0.160. The van der Waals surface area contributed by atoms with Crippen LogP contribution in [-0.4, -0.2) is 30.6 Å². The topological polar surface area (TPSA) is 52.6 Å². The predicted molar refractivity (Wildman–Crippen MR) is 97.6 cm³/mol. The quantitative estimate of drug-likeness (QED) is 0.440. The molecule has 4 nitrogen and oxygen atoms in total. The van der Waals surface area contributed by atoms with Crippen molar-refractivity contribution in [2.45, 2.75) is 70.8 Å². The lowest BCUT2D eigenvalue weighted by Gasteiger charge is -2.19. The summed E-state index contributed by atoms with van der Waals surface area (Å²) in [5, 5.41) is 0. The molecule has 0 aromatic heterocycles. The number of hydrogen-bond acceptors (Lipinski definition) is 4. The Bertz CT molecular complexity index is 569. The van der Waals surface area contributed by atoms with Crippen molar-refractivity contribution in [3.05, 3.63) is 35.4 Å². The molecule has 0 aliphatic heterocycles. The average molecular weight is 346 g/mol. The highest BCUT2D eigenvalue weighted by Gasteiger charge is 2.19. The van der Waals surface area contributed by atoms with Gasteiger partial charge in [-0.2, -0.15) is 0 Å². The molecule has 1 aromatic rings. The summed E-state index contributed by atoms with van der Waals surface area (Å²) in [5.41, 5.74) is 1.96. The minimum atomic E-state index is -0.477. The van der Waals surface area contributed by atoms with E-state index in [9.17, 15) is 9.59 Å². The first-order chi connectivity index (χ1) is 11.8. The number of carbonyl (C=O) groups is 2. The lowest BCUT2D eigenvalue weighted by atomic mass is 9.91. The van der Waals surface area contributed by atoms with Crippen molar-refractivity contribution in [3.8, 4) is 0 Å². The van der Waals surface area contributed by atoms with Gasteiger partial charge in [-0.3, -0.25) is 4.79 Å². The van der Waals surface area contributed by atoms with Gasteiger partial charge in [0.15, 0.2) is 0 Å². The summed E-state index contributed by atoms with van der Waals surface area (Å²) in [6.07, 6.45) is 5.44. The Morgan fingerprint density at radius 3 is 2.56 bits per heavy atom. The van der Waals surface area contributed by atoms with Gasteiger partial charge in [-0.1, -0.05) is 30.7 Å². The van der Waals surface area contributed by atoms with E-state index in [0.717, 1.165) is 32.1 Å². The molecule has 0 heterocycles. The number of Topliss-reactive ketones (excluding diaryl/α,β-unsaturated/α-hetero) is 1. The molecular formula is C21H30O4. The van der Waals surface area contributed by atoms with Gasteiger partial charge in [0.2, 0.25) is 0 Å². The predicted octanol–water partition coefficient (Wildman–Crippen LogP) is 4.20. The summed E-state index contributed by atoms with van der Waals surface area (Å²) >= 11 is 0. The van der Waals surface area contributed by atoms with Crippen LogP contribution in [-0.2, 0) is 25.5 Å². The molecule has 1 fully saturated rings. The molecule has 1 atom stereocenters. The second kappa shape index (κ2) is 9.14. The molecule has 1 unspecified atom stereocenters. The van der Waals surface area contributed by atoms with Gasteiger partial charge in [-0.15, -0.1) is 0 Å². The Labute approximate surface area is 150 Å². The molecular weight excluding hydrogens is 316 g/mol. The summed E-state index contributed by atoms with van der Waals surface area (Å²) in [6.45, 7) is 6.00. The Hall–Kier alpha value is -1.68. The van der Waals surface area contributed by atoms with E-state index >= 15 is 0 Å². The molecule has 1 aromatic carbocycles. The molecule has 2 rings (SSSR count). The molecule has 1 aliphatic carbocycles. The van der Waals surface area contributed by atoms with Crippen LogP contribution >= 0.6 is 0 Å². The highest BCUT2D eigenvalue weighted by molar-refractivity contribution is 5.79. The fourth-order valence-electron chi connectivity index (χ4n) is 3.15. The number of ketones is 1. The summed E-state index contributed by atoms with van der Waals surface area (Å²) in [7, 11) is 0. The van der Waals surface area contributed by atoms with E-state index in [-0.39, 0.29) is 12.6 Å². The fraction of sp³-hybridized carbons (Fsp3) is 0.619. The SMILES string of the molecule is CC(C)(C)OC(=O)COCCc1ccc(C2CCCCC(=O)C2)cc1. The molecule has 25 heavy (non-hydrogen) atoms. The fourth-order valence-corrected chi connectivity index (χ4v) is 3.15. The highest BCUT2D eigenvalue weighted by Crippen LogP contribution is 2.30. The zero-order valence-corrected chi connectivity index (χ0v) is 15.7. The zero-order valence-electron chi connectivity index (χ0n) is 15.7. The number of benzene rings is 1. The molecule has 0 spiro atoms. The van der Waals surface area contributed by atoms with Crippen molar-refractivity contribution in [2.24, 2.45) is 0 Å². The average Bonchev–Trinajstić information content (AvgIpc) is 2.75. The molecule has 0 amide bonds. The van der Waals surface area contributed by atoms with Crippen LogP contribution in [0, 0.1) is 0 Å². The maximum absolute atomic E-state index is 11.8. The van der Waals surface area contributed by atoms with Gasteiger partial charge < -0.3 is 9.47 Å². The number of carbonyl (C=O) groups excluding carboxylic acids is 2. The largest absolute Gasteiger partial charge is 0.458 e. The maximum Gasteiger partial charge on any atom is 0.332 e. The van der Waals surface area contributed by atoms with Crippen molar-refractivity contribution >= 4 is 11.8 Å². The normalized spacial score (nSPS) is 18.7. The van der Waals surface area contributed by atoms with E-state index in [2.05, 4.69) is 24.3 Å². The van der Waals surface area contributed by atoms with Crippen LogP contribution in [0.2, 0.25) is 0 Å². The molecule has 4 heteroatoms. The molecule has 0 N–H and O–H groups in total. The molecule has 1 aliphatic rings. The first-order valence-electron chi connectivity index (χ1n) is 9.23. The number of esters is 1. The summed E-state index contributed by atoms with van der Waals surface area (Å²) < 4.78 is 10.6. The van der Waals surface area contributed by atoms with E-state index in [1.54, 1.807) is 0 Å². The first kappa shape index (κ1) is 19.6. The molecule has 0 saturated heterocycles. The third-order valence-electron chi connectivity index (χ3n) is 4.36. The van der Waals surface area contributed by atoms with Crippen LogP contribution in [0.3, 0.4) is 0 Å². The number of rotatable bonds is 6. The van der Waals surface area contributed by atoms with Gasteiger partial charge in [0.05, 0.1) is 6.61 Å². The van der Waals surface area contributed by atoms with Gasteiger partial charge in [-0.05, 0) is 57.1 Å². The molecule has 0 radical (unpaired) electrons. The van der Waals surface area contributed by atoms with Gasteiger partial charge in [0.25, 0.3) is 0 Å². The van der Waals surface area contributed by atoms with Gasteiger partial charge in [0, 0.05) is 12.8 Å². The third-order valence-corrected chi connectivity index (χ3v) is 4.36. The van der Waals surface area contributed by atoms with Crippen molar-refractivity contribution in [1.82, 2.24) is 0 Å². The van der Waals surface area contributed by atoms with E-state index in [1.165, 1.54) is 11.1 Å². The van der Waals surface area contributed by atoms with Crippen LogP contribution in [0.25, 0.3) is 0 Å². The van der Waals surface area contributed by atoms with Crippen molar-refractivity contribution in [3.63, 3.8) is 0 Å². The second-order valence-corrected chi connectivity index (χ2v) is 7.82. The van der Waals surface area contributed by atoms with Crippen molar-refractivity contribution < 1.29 is 19.1 Å². The van der Waals surface area contributed by atoms with Crippen molar-refractivity contribution in [2.75, 3.05) is 13.2 Å². The molecule has 1 saturated carbocycles. The number of hydrogen-bond donors (Lipinski definition) is 0. The number of ether oxygens (including phenoxy) is 2. The Morgan fingerprint density at radius 2 is 1.88 bits per heavy atom.